The summed E-state index contributed by atoms with van der Waals surface area (Å²) in [5.41, 5.74) is 1.33. The zero-order chi connectivity index (χ0) is 28.4. The summed E-state index contributed by atoms with van der Waals surface area (Å²) < 4.78 is 28.6. The highest BCUT2D eigenvalue weighted by atomic mass is 32.2. The molecule has 2 aromatic carbocycles. The third-order valence-electron chi connectivity index (χ3n) is 7.33. The van der Waals surface area contributed by atoms with E-state index in [9.17, 15) is 18.0 Å². The summed E-state index contributed by atoms with van der Waals surface area (Å²) in [4.78, 5) is 29.2. The molecule has 0 aliphatic carbocycles. The highest BCUT2D eigenvalue weighted by Crippen LogP contribution is 2.42. The quantitative estimate of drug-likeness (QED) is 0.415. The second-order valence-corrected chi connectivity index (χ2v) is 13.4. The van der Waals surface area contributed by atoms with Gasteiger partial charge in [0.2, 0.25) is 15.9 Å². The van der Waals surface area contributed by atoms with Crippen molar-refractivity contribution in [3.05, 3.63) is 84.6 Å². The van der Waals surface area contributed by atoms with Gasteiger partial charge in [-0.25, -0.2) is 8.42 Å². The second-order valence-electron chi connectivity index (χ2n) is 11.5. The SMILES string of the molecule is C=CC(=O)NC1C(C)(C)CN(S(=O)(=O)c2ccc(C(=O)NCCc3ccc4cccnc4c3)cc2)CC1(C)C. The standard InChI is InChI=1S/C30H36N4O4S/c1-6-26(35)33-28-29(2,3)19-34(20-30(28,4)5)39(37,38)24-13-11-23(12-14-24)27(36)32-17-15-21-9-10-22-8-7-16-31-25(22)18-21/h6-14,16,18,28H,1,15,17,19-20H2,2-5H3,(H,32,36)(H,33,35). The Morgan fingerprint density at radius 2 is 1.72 bits per heavy atom. The number of rotatable bonds is 8. The molecule has 0 unspecified atom stereocenters. The first-order valence-corrected chi connectivity index (χ1v) is 14.4. The molecule has 206 valence electrons. The molecule has 1 aliphatic rings. The molecule has 8 nitrogen and oxygen atoms in total. The molecular formula is C30H36N4O4S. The summed E-state index contributed by atoms with van der Waals surface area (Å²) in [6.45, 7) is 12.3. The lowest BCUT2D eigenvalue weighted by Gasteiger charge is -2.52. The van der Waals surface area contributed by atoms with Crippen molar-refractivity contribution >= 4 is 32.7 Å². The number of hydrogen-bond donors (Lipinski definition) is 2. The predicted octanol–water partition coefficient (Wildman–Crippen LogP) is 3.93. The molecule has 0 saturated carbocycles. The van der Waals surface area contributed by atoms with Crippen molar-refractivity contribution in [3.63, 3.8) is 0 Å². The van der Waals surface area contributed by atoms with Crippen molar-refractivity contribution in [2.24, 2.45) is 10.8 Å². The van der Waals surface area contributed by atoms with Crippen LogP contribution in [0.2, 0.25) is 0 Å². The van der Waals surface area contributed by atoms with Crippen molar-refractivity contribution in [2.45, 2.75) is 45.1 Å². The van der Waals surface area contributed by atoms with Gasteiger partial charge in [-0.2, -0.15) is 4.31 Å². The molecule has 1 saturated heterocycles. The number of aromatic nitrogens is 1. The molecule has 2 heterocycles. The maximum atomic E-state index is 13.6. The van der Waals surface area contributed by atoms with Gasteiger partial charge in [-0.3, -0.25) is 14.6 Å². The Hall–Kier alpha value is -3.56. The fourth-order valence-electron chi connectivity index (χ4n) is 5.58. The Balaban J connectivity index is 1.40. The Morgan fingerprint density at radius 3 is 2.36 bits per heavy atom. The van der Waals surface area contributed by atoms with Crippen LogP contribution in [0.4, 0.5) is 0 Å². The van der Waals surface area contributed by atoms with E-state index in [1.165, 1.54) is 34.6 Å². The summed E-state index contributed by atoms with van der Waals surface area (Å²) in [7, 11) is -3.81. The molecule has 2 N–H and O–H groups in total. The number of nitrogens with one attached hydrogen (secondary N) is 2. The first-order chi connectivity index (χ1) is 18.3. The third-order valence-corrected chi connectivity index (χ3v) is 9.13. The van der Waals surface area contributed by atoms with E-state index in [4.69, 9.17) is 0 Å². The van der Waals surface area contributed by atoms with E-state index < -0.39 is 20.9 Å². The number of amides is 2. The molecule has 39 heavy (non-hydrogen) atoms. The normalized spacial score (nSPS) is 17.4. The molecule has 4 rings (SSSR count). The topological polar surface area (TPSA) is 108 Å². The van der Waals surface area contributed by atoms with Crippen LogP contribution >= 0.6 is 0 Å². The third kappa shape index (κ3) is 6.20. The largest absolute Gasteiger partial charge is 0.352 e. The highest BCUT2D eigenvalue weighted by Gasteiger charge is 2.50. The average molecular weight is 549 g/mol. The molecule has 0 atom stereocenters. The van der Waals surface area contributed by atoms with Gasteiger partial charge < -0.3 is 10.6 Å². The predicted molar refractivity (Wildman–Crippen MR) is 153 cm³/mol. The molecule has 0 radical (unpaired) electrons. The van der Waals surface area contributed by atoms with Crippen LogP contribution in [0, 0.1) is 10.8 Å². The van der Waals surface area contributed by atoms with Gasteiger partial charge in [0.25, 0.3) is 5.91 Å². The number of pyridine rings is 1. The van der Waals surface area contributed by atoms with Crippen LogP contribution in [0.5, 0.6) is 0 Å². The Labute approximate surface area is 230 Å². The fraction of sp³-hybridized carbons (Fsp3) is 0.367. The first-order valence-electron chi connectivity index (χ1n) is 13.0. The van der Waals surface area contributed by atoms with Crippen molar-refractivity contribution in [2.75, 3.05) is 19.6 Å². The fourth-order valence-corrected chi connectivity index (χ4v) is 7.37. The number of carbonyl (C=O) groups is 2. The minimum Gasteiger partial charge on any atom is -0.352 e. The summed E-state index contributed by atoms with van der Waals surface area (Å²) >= 11 is 0. The maximum Gasteiger partial charge on any atom is 0.251 e. The number of piperidine rings is 1. The van der Waals surface area contributed by atoms with Gasteiger partial charge in [-0.05, 0) is 65.3 Å². The molecule has 2 amide bonds. The summed E-state index contributed by atoms with van der Waals surface area (Å²) in [5, 5.41) is 6.96. The van der Waals surface area contributed by atoms with E-state index in [1.54, 1.807) is 6.20 Å². The van der Waals surface area contributed by atoms with Crippen molar-refractivity contribution in [1.29, 1.82) is 0 Å². The van der Waals surface area contributed by atoms with E-state index >= 15 is 0 Å². The van der Waals surface area contributed by atoms with Crippen LogP contribution in [-0.4, -0.2) is 55.2 Å². The first kappa shape index (κ1) is 28.4. The van der Waals surface area contributed by atoms with E-state index in [0.29, 0.717) is 18.5 Å². The van der Waals surface area contributed by atoms with Gasteiger partial charge in [-0.15, -0.1) is 0 Å². The number of fused-ring (bicyclic) bond motifs is 1. The summed E-state index contributed by atoms with van der Waals surface area (Å²) in [5.74, 6) is -0.542. The van der Waals surface area contributed by atoms with Gasteiger partial charge >= 0.3 is 0 Å². The summed E-state index contributed by atoms with van der Waals surface area (Å²) in [6, 6.07) is 15.7. The van der Waals surface area contributed by atoms with Crippen LogP contribution in [0.1, 0.15) is 43.6 Å². The second kappa shape index (κ2) is 10.9. The van der Waals surface area contributed by atoms with Crippen LogP contribution in [-0.2, 0) is 21.2 Å². The lowest BCUT2D eigenvalue weighted by molar-refractivity contribution is -0.120. The summed E-state index contributed by atoms with van der Waals surface area (Å²) in [6.07, 6.45) is 3.64. The number of nitrogens with zero attached hydrogens (tertiary/aromatic N) is 2. The van der Waals surface area contributed by atoms with Gasteiger partial charge in [-0.1, -0.05) is 52.5 Å². The van der Waals surface area contributed by atoms with E-state index in [-0.39, 0.29) is 35.8 Å². The lowest BCUT2D eigenvalue weighted by atomic mass is 9.67. The number of benzene rings is 2. The smallest absolute Gasteiger partial charge is 0.251 e. The van der Waals surface area contributed by atoms with E-state index in [0.717, 1.165) is 16.5 Å². The van der Waals surface area contributed by atoms with Crippen molar-refractivity contribution < 1.29 is 18.0 Å². The van der Waals surface area contributed by atoms with Crippen LogP contribution in [0.3, 0.4) is 0 Å². The molecule has 9 heteroatoms. The van der Waals surface area contributed by atoms with Gasteiger partial charge in [0, 0.05) is 42.8 Å². The average Bonchev–Trinajstić information content (AvgIpc) is 2.90. The molecule has 1 aliphatic heterocycles. The monoisotopic (exact) mass is 548 g/mol. The molecule has 1 fully saturated rings. The maximum absolute atomic E-state index is 13.6. The highest BCUT2D eigenvalue weighted by molar-refractivity contribution is 7.89. The molecule has 1 aromatic heterocycles. The number of carbonyl (C=O) groups excluding carboxylic acids is 2. The van der Waals surface area contributed by atoms with Gasteiger partial charge in [0.05, 0.1) is 10.4 Å². The minimum atomic E-state index is -3.81. The van der Waals surface area contributed by atoms with E-state index in [1.807, 2.05) is 58.0 Å². The molecule has 0 spiro atoms. The zero-order valence-corrected chi connectivity index (χ0v) is 23.7. The zero-order valence-electron chi connectivity index (χ0n) is 22.9. The van der Waals surface area contributed by atoms with Crippen molar-refractivity contribution in [1.82, 2.24) is 19.9 Å². The Kier molecular flexibility index (Phi) is 7.95. The van der Waals surface area contributed by atoms with Gasteiger partial charge in [0.15, 0.2) is 0 Å². The molecule has 0 bridgehead atoms. The van der Waals surface area contributed by atoms with Crippen LogP contribution in [0.25, 0.3) is 10.9 Å². The number of sulfonamides is 1. The number of hydrogen-bond acceptors (Lipinski definition) is 5. The Bertz CT molecular complexity index is 1480. The lowest BCUT2D eigenvalue weighted by Crippen LogP contribution is -2.64. The molecular weight excluding hydrogens is 512 g/mol. The van der Waals surface area contributed by atoms with Crippen molar-refractivity contribution in [3.8, 4) is 0 Å². The molecule has 3 aromatic rings. The van der Waals surface area contributed by atoms with Gasteiger partial charge in [0.1, 0.15) is 0 Å². The van der Waals surface area contributed by atoms with E-state index in [2.05, 4.69) is 22.2 Å². The van der Waals surface area contributed by atoms with Crippen LogP contribution < -0.4 is 10.6 Å². The van der Waals surface area contributed by atoms with Crippen LogP contribution in [0.15, 0.2) is 78.3 Å². The Morgan fingerprint density at radius 1 is 1.05 bits per heavy atom. The minimum absolute atomic E-state index is 0.128.